The van der Waals surface area contributed by atoms with Crippen LogP contribution in [-0.2, 0) is 5.41 Å². The Kier molecular flexibility index (Phi) is 7.51. The van der Waals surface area contributed by atoms with E-state index in [0.29, 0.717) is 20.3 Å². The Morgan fingerprint density at radius 2 is 1.02 bits per heavy atom. The van der Waals surface area contributed by atoms with E-state index in [1.165, 1.54) is 11.1 Å². The van der Waals surface area contributed by atoms with Crippen molar-refractivity contribution in [1.29, 1.82) is 0 Å². The van der Waals surface area contributed by atoms with E-state index in [4.69, 9.17) is 9.47 Å². The number of ether oxygens (including phenoxy) is 2. The topological polar surface area (TPSA) is 35.5 Å². The molecule has 198 valence electrons. The van der Waals surface area contributed by atoms with Crippen molar-refractivity contribution in [1.82, 2.24) is 0 Å². The van der Waals surface area contributed by atoms with E-state index < -0.39 is 11.4 Å². The summed E-state index contributed by atoms with van der Waals surface area (Å²) in [7, 11) is 1.66. The molecule has 0 aliphatic heterocycles. The molecule has 40 heavy (non-hydrogen) atoms. The minimum absolute atomic E-state index is 0.421. The predicted octanol–water partition coefficient (Wildman–Crippen LogP) is 10.3. The van der Waals surface area contributed by atoms with Crippen LogP contribution in [-0.4, -0.2) is 13.1 Å². The van der Waals surface area contributed by atoms with E-state index in [0.717, 1.165) is 36.9 Å². The largest absolute Gasteiger partial charge is 0.494 e. The van der Waals surface area contributed by atoms with E-state index >= 15 is 0 Å². The Hall–Kier alpha value is -2.71. The molecule has 1 aliphatic carbocycles. The number of benzene rings is 5. The number of halogens is 4. The van der Waals surface area contributed by atoms with Crippen LogP contribution < -0.4 is 9.47 Å². The number of carbonyl (C=O) groups is 1. The van der Waals surface area contributed by atoms with E-state index in [2.05, 4.69) is 124 Å². The smallest absolute Gasteiger partial charge is 0.343 e. The van der Waals surface area contributed by atoms with Crippen LogP contribution in [0.25, 0.3) is 11.1 Å². The fraction of sp³-hybridized carbons (Fsp3) is 0.0606. The van der Waals surface area contributed by atoms with Crippen LogP contribution in [0.3, 0.4) is 0 Å². The van der Waals surface area contributed by atoms with Gasteiger partial charge in [-0.25, -0.2) is 4.79 Å². The lowest BCUT2D eigenvalue weighted by atomic mass is 9.67. The molecule has 3 nitrogen and oxygen atoms in total. The lowest BCUT2D eigenvalue weighted by Crippen LogP contribution is -2.29. The molecular formula is C33H20Br4O3. The van der Waals surface area contributed by atoms with Gasteiger partial charge < -0.3 is 9.47 Å². The molecule has 0 heterocycles. The summed E-state index contributed by atoms with van der Waals surface area (Å²) < 4.78 is 14.5. The molecule has 0 amide bonds. The zero-order valence-corrected chi connectivity index (χ0v) is 27.4. The third-order valence-electron chi connectivity index (χ3n) is 7.22. The second-order valence-electron chi connectivity index (χ2n) is 9.34. The van der Waals surface area contributed by atoms with Gasteiger partial charge in [0.1, 0.15) is 5.75 Å². The van der Waals surface area contributed by atoms with Gasteiger partial charge in [-0.1, -0.05) is 66.7 Å². The molecule has 0 radical (unpaired) electrons. The SMILES string of the molecule is COc1c(Br)cc(C2(c3cc(Br)c(OC(=O)c4ccccc4)c(Br)c3)c3ccccc3-c3ccccc32)cc1Br. The highest BCUT2D eigenvalue weighted by Gasteiger charge is 2.47. The van der Waals surface area contributed by atoms with Gasteiger partial charge in [0.15, 0.2) is 5.75 Å². The first kappa shape index (κ1) is 27.5. The van der Waals surface area contributed by atoms with Crippen molar-refractivity contribution in [2.24, 2.45) is 0 Å². The second kappa shape index (κ2) is 10.9. The Labute approximate surface area is 266 Å². The van der Waals surface area contributed by atoms with Crippen molar-refractivity contribution in [3.8, 4) is 22.6 Å². The molecule has 1 aliphatic rings. The van der Waals surface area contributed by atoms with Crippen molar-refractivity contribution in [3.05, 3.63) is 149 Å². The summed E-state index contributed by atoms with van der Waals surface area (Å²) in [6.07, 6.45) is 0. The highest BCUT2D eigenvalue weighted by Crippen LogP contribution is 2.58. The monoisotopic (exact) mass is 780 g/mol. The van der Waals surface area contributed by atoms with Crippen molar-refractivity contribution < 1.29 is 14.3 Å². The molecule has 6 rings (SSSR count). The third-order valence-corrected chi connectivity index (χ3v) is 9.58. The maximum atomic E-state index is 12.9. The molecule has 0 atom stereocenters. The standard InChI is InChI=1S/C33H20Br4O3/c1-39-30-26(34)15-20(16-27(30)35)33(24-13-7-5-11-22(24)23-12-6-8-14-25(23)33)21-17-28(36)31(29(37)18-21)40-32(38)19-9-3-2-4-10-19/h2-18H,1H3. The van der Waals surface area contributed by atoms with Gasteiger partial charge in [0, 0.05) is 0 Å². The minimum Gasteiger partial charge on any atom is -0.494 e. The van der Waals surface area contributed by atoms with Gasteiger partial charge in [0.05, 0.1) is 36.0 Å². The van der Waals surface area contributed by atoms with Crippen LogP contribution in [0.15, 0.2) is 121 Å². The first-order valence-electron chi connectivity index (χ1n) is 12.4. The van der Waals surface area contributed by atoms with Gasteiger partial charge in [-0.3, -0.25) is 0 Å². The van der Waals surface area contributed by atoms with Crippen molar-refractivity contribution >= 4 is 69.7 Å². The number of hydrogen-bond donors (Lipinski definition) is 0. The van der Waals surface area contributed by atoms with E-state index in [-0.39, 0.29) is 0 Å². The molecule has 0 spiro atoms. The number of methoxy groups -OCH3 is 1. The summed E-state index contributed by atoms with van der Waals surface area (Å²) in [6.45, 7) is 0. The van der Waals surface area contributed by atoms with E-state index in [1.54, 1.807) is 19.2 Å². The molecule has 0 fully saturated rings. The molecule has 0 saturated heterocycles. The summed E-state index contributed by atoms with van der Waals surface area (Å²) in [5.74, 6) is 0.720. The van der Waals surface area contributed by atoms with Crippen LogP contribution >= 0.6 is 63.7 Å². The zero-order valence-electron chi connectivity index (χ0n) is 21.1. The maximum absolute atomic E-state index is 12.9. The summed E-state index contributed by atoms with van der Waals surface area (Å²) in [4.78, 5) is 12.9. The Morgan fingerprint density at radius 3 is 1.50 bits per heavy atom. The molecule has 5 aromatic rings. The lowest BCUT2D eigenvalue weighted by Gasteiger charge is -2.35. The third kappa shape index (κ3) is 4.38. The van der Waals surface area contributed by atoms with Gasteiger partial charge >= 0.3 is 5.97 Å². The summed E-state index contributed by atoms with van der Waals surface area (Å²) in [5.41, 5.74) is 6.54. The highest BCUT2D eigenvalue weighted by molar-refractivity contribution is 9.11. The molecule has 5 aromatic carbocycles. The molecule has 0 unspecified atom stereocenters. The first-order chi connectivity index (χ1) is 19.4. The molecule has 0 aromatic heterocycles. The fourth-order valence-electron chi connectivity index (χ4n) is 5.59. The average molecular weight is 784 g/mol. The van der Waals surface area contributed by atoms with Gasteiger partial charge in [-0.15, -0.1) is 0 Å². The Balaban J connectivity index is 1.61. The quantitative estimate of drug-likeness (QED) is 0.129. The predicted molar refractivity (Wildman–Crippen MR) is 172 cm³/mol. The van der Waals surface area contributed by atoms with Crippen molar-refractivity contribution in [3.63, 3.8) is 0 Å². The van der Waals surface area contributed by atoms with Crippen LogP contribution in [0, 0.1) is 0 Å². The number of rotatable bonds is 5. The fourth-order valence-corrected chi connectivity index (χ4v) is 8.45. The maximum Gasteiger partial charge on any atom is 0.343 e. The number of hydrogen-bond acceptors (Lipinski definition) is 3. The molecule has 0 N–H and O–H groups in total. The molecular weight excluding hydrogens is 764 g/mol. The first-order valence-corrected chi connectivity index (χ1v) is 15.5. The zero-order chi connectivity index (χ0) is 28.0. The van der Waals surface area contributed by atoms with Gasteiger partial charge in [0.25, 0.3) is 0 Å². The van der Waals surface area contributed by atoms with Crippen LogP contribution in [0.4, 0.5) is 0 Å². The molecule has 7 heteroatoms. The van der Waals surface area contributed by atoms with Gasteiger partial charge in [-0.05, 0) is 133 Å². The highest BCUT2D eigenvalue weighted by atomic mass is 79.9. The Morgan fingerprint density at radius 1 is 0.600 bits per heavy atom. The lowest BCUT2D eigenvalue weighted by molar-refractivity contribution is 0.0732. The number of carbonyl (C=O) groups excluding carboxylic acids is 1. The van der Waals surface area contributed by atoms with E-state index in [1.807, 2.05) is 30.3 Å². The summed E-state index contributed by atoms with van der Waals surface area (Å²) >= 11 is 14.9. The summed E-state index contributed by atoms with van der Waals surface area (Å²) in [5, 5.41) is 0. The molecule has 0 bridgehead atoms. The molecule has 0 saturated carbocycles. The summed E-state index contributed by atoms with van der Waals surface area (Å²) in [6, 6.07) is 34.3. The van der Waals surface area contributed by atoms with Gasteiger partial charge in [0.2, 0.25) is 0 Å². The van der Waals surface area contributed by atoms with Crippen LogP contribution in [0.1, 0.15) is 32.6 Å². The van der Waals surface area contributed by atoms with Gasteiger partial charge in [-0.2, -0.15) is 0 Å². The van der Waals surface area contributed by atoms with Crippen molar-refractivity contribution in [2.75, 3.05) is 7.11 Å². The van der Waals surface area contributed by atoms with Crippen LogP contribution in [0.5, 0.6) is 11.5 Å². The minimum atomic E-state index is -0.669. The Bertz CT molecular complexity index is 1690. The second-order valence-corrected chi connectivity index (χ2v) is 12.8. The number of esters is 1. The van der Waals surface area contributed by atoms with E-state index in [9.17, 15) is 4.79 Å². The number of fused-ring (bicyclic) bond motifs is 3. The van der Waals surface area contributed by atoms with Crippen LogP contribution in [0.2, 0.25) is 0 Å². The van der Waals surface area contributed by atoms with Crippen molar-refractivity contribution in [2.45, 2.75) is 5.41 Å². The normalized spacial score (nSPS) is 12.9. The average Bonchev–Trinajstić information content (AvgIpc) is 3.26.